The smallest absolute Gasteiger partial charge is 0.310 e. The fourth-order valence-corrected chi connectivity index (χ4v) is 2.99. The van der Waals surface area contributed by atoms with Crippen molar-refractivity contribution in [2.75, 3.05) is 6.54 Å². The maximum Gasteiger partial charge on any atom is 0.325 e. The van der Waals surface area contributed by atoms with Crippen molar-refractivity contribution in [2.24, 2.45) is 5.41 Å². The number of nitrogens with one attached hydrogen (secondary N) is 1. The van der Waals surface area contributed by atoms with Crippen LogP contribution in [0.5, 0.6) is 0 Å². The minimum Gasteiger partial charge on any atom is -0.310 e. The number of imide groups is 1. The highest BCUT2D eigenvalue weighted by Crippen LogP contribution is 2.37. The van der Waals surface area contributed by atoms with Gasteiger partial charge in [0.1, 0.15) is 5.54 Å². The first kappa shape index (κ1) is 13.9. The van der Waals surface area contributed by atoms with Crippen LogP contribution in [-0.2, 0) is 4.79 Å². The van der Waals surface area contributed by atoms with Gasteiger partial charge >= 0.3 is 6.03 Å². The zero-order valence-corrected chi connectivity index (χ0v) is 11.7. The van der Waals surface area contributed by atoms with Crippen molar-refractivity contribution in [3.05, 3.63) is 0 Å². The lowest BCUT2D eigenvalue weighted by Crippen LogP contribution is -2.51. The molecule has 0 bridgehead atoms. The molecule has 1 N–H and O–H groups in total. The Morgan fingerprint density at radius 3 is 2.53 bits per heavy atom. The molecule has 104 valence electrons. The number of carbonyl (C=O) groups is 2. The first-order valence-electron chi connectivity index (χ1n) is 6.96. The number of carbonyl (C=O) groups excluding carboxylic acids is 2. The molecule has 0 aromatic heterocycles. The lowest BCUT2D eigenvalue weighted by molar-refractivity contribution is -0.128. The third-order valence-electron chi connectivity index (χ3n) is 4.35. The van der Waals surface area contributed by atoms with E-state index in [0.717, 1.165) is 32.1 Å². The molecule has 1 aliphatic carbocycles. The van der Waals surface area contributed by atoms with Crippen molar-refractivity contribution in [2.45, 2.75) is 57.9 Å². The Balaban J connectivity index is 2.14. The van der Waals surface area contributed by atoms with E-state index < -0.39 is 11.0 Å². The van der Waals surface area contributed by atoms with Gasteiger partial charge in [0.25, 0.3) is 5.91 Å². The van der Waals surface area contributed by atoms with Gasteiger partial charge in [0.05, 0.1) is 11.5 Å². The standard InChI is InChI=1S/C14H21N3O2/c1-13(2,10-15)8-9-17-12(19)16-11(18)14(17)6-4-3-5-7-14/h3-9H2,1-2H3,(H,16,18,19). The molecule has 0 unspecified atom stereocenters. The number of hydrogen-bond acceptors (Lipinski definition) is 3. The van der Waals surface area contributed by atoms with Crippen LogP contribution in [-0.4, -0.2) is 28.9 Å². The summed E-state index contributed by atoms with van der Waals surface area (Å²) in [6, 6.07) is 1.95. The molecule has 3 amide bonds. The van der Waals surface area contributed by atoms with E-state index in [0.29, 0.717) is 13.0 Å². The van der Waals surface area contributed by atoms with Crippen LogP contribution >= 0.6 is 0 Å². The molecule has 2 fully saturated rings. The molecule has 19 heavy (non-hydrogen) atoms. The van der Waals surface area contributed by atoms with Crippen LogP contribution in [0.3, 0.4) is 0 Å². The Bertz CT molecular complexity index is 430. The summed E-state index contributed by atoms with van der Waals surface area (Å²) in [5, 5.41) is 11.5. The summed E-state index contributed by atoms with van der Waals surface area (Å²) in [6.45, 7) is 4.19. The monoisotopic (exact) mass is 263 g/mol. The number of nitrogens with zero attached hydrogens (tertiary/aromatic N) is 2. The van der Waals surface area contributed by atoms with Crippen LogP contribution in [0.4, 0.5) is 4.79 Å². The molecule has 0 atom stereocenters. The fourth-order valence-electron chi connectivity index (χ4n) is 2.99. The van der Waals surface area contributed by atoms with Gasteiger partial charge in [0.2, 0.25) is 0 Å². The van der Waals surface area contributed by atoms with Gasteiger partial charge in [-0.2, -0.15) is 5.26 Å². The SMILES string of the molecule is CC(C)(C#N)CCN1C(=O)NC(=O)C12CCCCC2. The topological polar surface area (TPSA) is 73.2 Å². The van der Waals surface area contributed by atoms with E-state index in [1.54, 1.807) is 4.90 Å². The highest BCUT2D eigenvalue weighted by atomic mass is 16.2. The quantitative estimate of drug-likeness (QED) is 0.793. The maximum atomic E-state index is 12.1. The van der Waals surface area contributed by atoms with Crippen LogP contribution in [0.25, 0.3) is 0 Å². The van der Waals surface area contributed by atoms with Crippen molar-refractivity contribution in [1.82, 2.24) is 10.2 Å². The molecule has 1 aliphatic heterocycles. The molecule has 0 aromatic rings. The Hall–Kier alpha value is -1.57. The molecule has 5 heteroatoms. The van der Waals surface area contributed by atoms with Gasteiger partial charge < -0.3 is 4.90 Å². The molecule has 1 heterocycles. The Morgan fingerprint density at radius 1 is 1.32 bits per heavy atom. The van der Waals surface area contributed by atoms with E-state index in [4.69, 9.17) is 5.26 Å². The van der Waals surface area contributed by atoms with Gasteiger partial charge in [-0.3, -0.25) is 10.1 Å². The second-order valence-corrected chi connectivity index (χ2v) is 6.25. The second-order valence-electron chi connectivity index (χ2n) is 6.25. The minimum absolute atomic E-state index is 0.146. The first-order valence-corrected chi connectivity index (χ1v) is 6.96. The third kappa shape index (κ3) is 2.44. The van der Waals surface area contributed by atoms with E-state index in [9.17, 15) is 9.59 Å². The number of amides is 3. The number of hydrogen-bond donors (Lipinski definition) is 1. The van der Waals surface area contributed by atoms with E-state index >= 15 is 0 Å². The molecule has 1 spiro atoms. The highest BCUT2D eigenvalue weighted by molar-refractivity contribution is 6.07. The molecule has 1 saturated heterocycles. The fraction of sp³-hybridized carbons (Fsp3) is 0.786. The van der Waals surface area contributed by atoms with Crippen molar-refractivity contribution in [3.63, 3.8) is 0 Å². The van der Waals surface area contributed by atoms with Crippen LogP contribution < -0.4 is 5.32 Å². The number of rotatable bonds is 3. The second kappa shape index (κ2) is 4.84. The van der Waals surface area contributed by atoms with Crippen LogP contribution in [0, 0.1) is 16.7 Å². The highest BCUT2D eigenvalue weighted by Gasteiger charge is 2.52. The molecular weight excluding hydrogens is 242 g/mol. The normalized spacial score (nSPS) is 22.5. The van der Waals surface area contributed by atoms with Gasteiger partial charge in [-0.1, -0.05) is 19.3 Å². The molecular formula is C14H21N3O2. The van der Waals surface area contributed by atoms with Gasteiger partial charge in [-0.15, -0.1) is 0 Å². The van der Waals surface area contributed by atoms with E-state index in [2.05, 4.69) is 11.4 Å². The summed E-state index contributed by atoms with van der Waals surface area (Å²) in [5.41, 5.74) is -1.11. The van der Waals surface area contributed by atoms with Crippen LogP contribution in [0.2, 0.25) is 0 Å². The first-order chi connectivity index (χ1) is 8.91. The molecule has 0 aromatic carbocycles. The van der Waals surface area contributed by atoms with Gasteiger partial charge in [0, 0.05) is 6.54 Å². The van der Waals surface area contributed by atoms with Crippen LogP contribution in [0.1, 0.15) is 52.4 Å². The maximum absolute atomic E-state index is 12.1. The third-order valence-corrected chi connectivity index (χ3v) is 4.35. The molecule has 1 saturated carbocycles. The van der Waals surface area contributed by atoms with E-state index in [1.807, 2.05) is 13.8 Å². The van der Waals surface area contributed by atoms with Gasteiger partial charge in [0.15, 0.2) is 0 Å². The summed E-state index contributed by atoms with van der Waals surface area (Å²) in [4.78, 5) is 25.8. The molecule has 0 radical (unpaired) electrons. The van der Waals surface area contributed by atoms with Crippen molar-refractivity contribution in [1.29, 1.82) is 5.26 Å². The molecule has 2 aliphatic rings. The lowest BCUT2D eigenvalue weighted by Gasteiger charge is -2.39. The zero-order valence-electron chi connectivity index (χ0n) is 11.7. The molecule has 5 nitrogen and oxygen atoms in total. The van der Waals surface area contributed by atoms with Crippen LogP contribution in [0.15, 0.2) is 0 Å². The summed E-state index contributed by atoms with van der Waals surface area (Å²) in [6.07, 6.45) is 5.18. The van der Waals surface area contributed by atoms with Crippen molar-refractivity contribution in [3.8, 4) is 6.07 Å². The predicted molar refractivity (Wildman–Crippen MR) is 70.1 cm³/mol. The van der Waals surface area contributed by atoms with Crippen molar-refractivity contribution >= 4 is 11.9 Å². The van der Waals surface area contributed by atoms with E-state index in [-0.39, 0.29) is 11.9 Å². The van der Waals surface area contributed by atoms with E-state index in [1.165, 1.54) is 0 Å². The minimum atomic E-state index is -0.638. The van der Waals surface area contributed by atoms with Gasteiger partial charge in [-0.05, 0) is 33.1 Å². The van der Waals surface area contributed by atoms with Crippen molar-refractivity contribution < 1.29 is 9.59 Å². The number of urea groups is 1. The Kier molecular flexibility index (Phi) is 3.53. The largest absolute Gasteiger partial charge is 0.325 e. The average molecular weight is 263 g/mol. The summed E-state index contributed by atoms with van der Waals surface area (Å²) in [5.74, 6) is -0.146. The summed E-state index contributed by atoms with van der Waals surface area (Å²) in [7, 11) is 0. The summed E-state index contributed by atoms with van der Waals surface area (Å²) >= 11 is 0. The van der Waals surface area contributed by atoms with Gasteiger partial charge in [-0.25, -0.2) is 4.79 Å². The zero-order chi connectivity index (χ0) is 14.1. The predicted octanol–water partition coefficient (Wildman–Crippen LogP) is 2.18. The lowest BCUT2D eigenvalue weighted by atomic mass is 9.80. The Morgan fingerprint density at radius 2 is 1.95 bits per heavy atom. The molecule has 2 rings (SSSR count). The summed E-state index contributed by atoms with van der Waals surface area (Å²) < 4.78 is 0. The average Bonchev–Trinajstić information content (AvgIpc) is 2.60. The number of nitriles is 1. The Labute approximate surface area is 113 Å².